The lowest BCUT2D eigenvalue weighted by Gasteiger charge is -2.14. The summed E-state index contributed by atoms with van der Waals surface area (Å²) in [5.41, 5.74) is 7.23. The Hall–Kier alpha value is -2.08. The Morgan fingerprint density at radius 3 is 2.70 bits per heavy atom. The molecule has 3 N–H and O–H groups in total. The van der Waals surface area contributed by atoms with E-state index in [0.29, 0.717) is 11.4 Å². The van der Waals surface area contributed by atoms with Crippen molar-refractivity contribution in [3.8, 4) is 0 Å². The van der Waals surface area contributed by atoms with Gasteiger partial charge in [0.15, 0.2) is 5.69 Å². The largest absolute Gasteiger partial charge is 0.297 e. The summed E-state index contributed by atoms with van der Waals surface area (Å²) >= 11 is 1.55. The molecule has 0 aromatic carbocycles. The standard InChI is InChI=1S/C14H18N4OS/c1-9(11-6-5-7-20-11)15-18-13(19)10-8-12(17-16-10)14(2,3)4/h5-8,15H,1H2,2-4H3,(H,16,17)(H,18,19). The Kier molecular flexibility index (Phi) is 3.94. The maximum absolute atomic E-state index is 12.0. The van der Waals surface area contributed by atoms with Crippen LogP contribution in [-0.2, 0) is 5.41 Å². The number of hydrogen-bond acceptors (Lipinski definition) is 4. The number of nitrogens with one attached hydrogen (secondary N) is 3. The van der Waals surface area contributed by atoms with Crippen molar-refractivity contribution in [3.05, 3.63) is 46.4 Å². The second kappa shape index (κ2) is 5.50. The molecule has 2 aromatic rings. The number of hydrazine groups is 1. The molecular formula is C14H18N4OS. The molecule has 6 heteroatoms. The van der Waals surface area contributed by atoms with Gasteiger partial charge in [0.25, 0.3) is 5.91 Å². The monoisotopic (exact) mass is 290 g/mol. The summed E-state index contributed by atoms with van der Waals surface area (Å²) in [4.78, 5) is 12.9. The number of aromatic nitrogens is 2. The molecule has 2 rings (SSSR count). The van der Waals surface area contributed by atoms with E-state index in [9.17, 15) is 4.79 Å². The number of aromatic amines is 1. The molecular weight excluding hydrogens is 272 g/mol. The quantitative estimate of drug-likeness (QED) is 0.758. The highest BCUT2D eigenvalue weighted by Crippen LogP contribution is 2.20. The normalized spacial score (nSPS) is 11.2. The van der Waals surface area contributed by atoms with Gasteiger partial charge in [-0.25, -0.2) is 0 Å². The number of carbonyl (C=O) groups excluding carboxylic acids is 1. The molecule has 5 nitrogen and oxygen atoms in total. The first-order valence-corrected chi connectivity index (χ1v) is 7.11. The first kappa shape index (κ1) is 14.3. The molecule has 0 atom stereocenters. The van der Waals surface area contributed by atoms with Crippen LogP contribution in [0, 0.1) is 0 Å². The highest BCUT2D eigenvalue weighted by Gasteiger charge is 2.19. The molecule has 0 unspecified atom stereocenters. The summed E-state index contributed by atoms with van der Waals surface area (Å²) in [7, 11) is 0. The third-order valence-electron chi connectivity index (χ3n) is 2.76. The molecule has 0 fully saturated rings. The molecule has 0 bridgehead atoms. The van der Waals surface area contributed by atoms with Crippen molar-refractivity contribution >= 4 is 22.9 Å². The van der Waals surface area contributed by atoms with Gasteiger partial charge in [0.2, 0.25) is 0 Å². The average molecular weight is 290 g/mol. The zero-order valence-electron chi connectivity index (χ0n) is 11.8. The van der Waals surface area contributed by atoms with E-state index in [1.54, 1.807) is 17.4 Å². The smallest absolute Gasteiger partial charge is 0.290 e. The van der Waals surface area contributed by atoms with Crippen molar-refractivity contribution in [3.63, 3.8) is 0 Å². The number of rotatable bonds is 4. The summed E-state index contributed by atoms with van der Waals surface area (Å²) in [6.45, 7) is 10.0. The third-order valence-corrected chi connectivity index (χ3v) is 3.69. The van der Waals surface area contributed by atoms with Crippen LogP contribution in [0.4, 0.5) is 0 Å². The predicted molar refractivity (Wildman–Crippen MR) is 81.2 cm³/mol. The van der Waals surface area contributed by atoms with Crippen LogP contribution in [0.5, 0.6) is 0 Å². The minimum absolute atomic E-state index is 0.0699. The van der Waals surface area contributed by atoms with E-state index in [1.165, 1.54) is 0 Å². The first-order chi connectivity index (χ1) is 9.38. The van der Waals surface area contributed by atoms with Crippen molar-refractivity contribution in [2.75, 3.05) is 0 Å². The third kappa shape index (κ3) is 3.27. The van der Waals surface area contributed by atoms with Gasteiger partial charge in [-0.05, 0) is 17.5 Å². The van der Waals surface area contributed by atoms with E-state index in [0.717, 1.165) is 10.6 Å². The minimum Gasteiger partial charge on any atom is -0.297 e. The van der Waals surface area contributed by atoms with Crippen LogP contribution < -0.4 is 10.9 Å². The lowest BCUT2D eigenvalue weighted by Crippen LogP contribution is -2.35. The Morgan fingerprint density at radius 1 is 1.40 bits per heavy atom. The fourth-order valence-electron chi connectivity index (χ4n) is 1.53. The van der Waals surface area contributed by atoms with Crippen LogP contribution in [0.25, 0.3) is 5.70 Å². The van der Waals surface area contributed by atoms with E-state index in [-0.39, 0.29) is 11.3 Å². The van der Waals surface area contributed by atoms with E-state index in [1.807, 2.05) is 17.5 Å². The van der Waals surface area contributed by atoms with Crippen LogP contribution in [0.3, 0.4) is 0 Å². The van der Waals surface area contributed by atoms with Gasteiger partial charge >= 0.3 is 0 Å². The number of H-pyrrole nitrogens is 1. The summed E-state index contributed by atoms with van der Waals surface area (Å²) in [6.07, 6.45) is 0. The van der Waals surface area contributed by atoms with Gasteiger partial charge in [-0.2, -0.15) is 5.10 Å². The van der Waals surface area contributed by atoms with Gasteiger partial charge in [-0.1, -0.05) is 33.4 Å². The molecule has 0 spiro atoms. The Balaban J connectivity index is 1.95. The predicted octanol–water partition coefficient (Wildman–Crippen LogP) is 2.67. The van der Waals surface area contributed by atoms with Crippen LogP contribution in [0.2, 0.25) is 0 Å². The number of hydrogen-bond donors (Lipinski definition) is 3. The van der Waals surface area contributed by atoms with E-state index in [2.05, 4.69) is 48.4 Å². The molecule has 0 saturated carbocycles. The maximum atomic E-state index is 12.0. The Morgan fingerprint density at radius 2 is 2.15 bits per heavy atom. The van der Waals surface area contributed by atoms with Gasteiger partial charge in [-0.15, -0.1) is 11.3 Å². The van der Waals surface area contributed by atoms with E-state index >= 15 is 0 Å². The highest BCUT2D eigenvalue weighted by molar-refractivity contribution is 7.11. The minimum atomic E-state index is -0.297. The summed E-state index contributed by atoms with van der Waals surface area (Å²) in [6, 6.07) is 5.61. The molecule has 2 aromatic heterocycles. The number of nitrogens with zero attached hydrogens (tertiary/aromatic N) is 1. The van der Waals surface area contributed by atoms with Crippen molar-refractivity contribution in [1.29, 1.82) is 0 Å². The van der Waals surface area contributed by atoms with E-state index < -0.39 is 0 Å². The molecule has 20 heavy (non-hydrogen) atoms. The molecule has 0 saturated heterocycles. The fraction of sp³-hybridized carbons (Fsp3) is 0.286. The van der Waals surface area contributed by atoms with Crippen molar-refractivity contribution in [1.82, 2.24) is 21.0 Å². The first-order valence-electron chi connectivity index (χ1n) is 6.23. The zero-order valence-corrected chi connectivity index (χ0v) is 12.6. The topological polar surface area (TPSA) is 69.8 Å². The summed E-state index contributed by atoms with van der Waals surface area (Å²) in [5.74, 6) is -0.297. The fourth-order valence-corrected chi connectivity index (χ4v) is 2.18. The maximum Gasteiger partial charge on any atom is 0.290 e. The highest BCUT2D eigenvalue weighted by atomic mass is 32.1. The van der Waals surface area contributed by atoms with Crippen molar-refractivity contribution < 1.29 is 4.79 Å². The number of amides is 1. The van der Waals surface area contributed by atoms with Gasteiger partial charge in [-0.3, -0.25) is 20.7 Å². The number of thiophene rings is 1. The van der Waals surface area contributed by atoms with Crippen LogP contribution in [0.15, 0.2) is 30.2 Å². The van der Waals surface area contributed by atoms with Gasteiger partial charge in [0.05, 0.1) is 10.6 Å². The second-order valence-electron chi connectivity index (χ2n) is 5.45. The lowest BCUT2D eigenvalue weighted by molar-refractivity contribution is 0.0937. The molecule has 0 aliphatic rings. The SMILES string of the molecule is C=C(NNC(=O)c1cc(C(C)(C)C)[nH]n1)c1cccs1. The molecule has 0 radical (unpaired) electrons. The number of carbonyl (C=O) groups is 1. The summed E-state index contributed by atoms with van der Waals surface area (Å²) in [5, 5.41) is 8.85. The zero-order chi connectivity index (χ0) is 14.8. The Bertz CT molecular complexity index is 607. The Labute approximate surface area is 122 Å². The second-order valence-corrected chi connectivity index (χ2v) is 6.40. The summed E-state index contributed by atoms with van der Waals surface area (Å²) < 4.78 is 0. The van der Waals surface area contributed by atoms with Gasteiger partial charge in [0.1, 0.15) is 0 Å². The molecule has 0 aliphatic carbocycles. The molecule has 0 aliphatic heterocycles. The molecule has 1 amide bonds. The van der Waals surface area contributed by atoms with Crippen LogP contribution >= 0.6 is 11.3 Å². The van der Waals surface area contributed by atoms with Crippen LogP contribution in [0.1, 0.15) is 41.8 Å². The van der Waals surface area contributed by atoms with Gasteiger partial charge < -0.3 is 0 Å². The van der Waals surface area contributed by atoms with Crippen molar-refractivity contribution in [2.24, 2.45) is 0 Å². The molecule has 106 valence electrons. The van der Waals surface area contributed by atoms with Gasteiger partial charge in [0, 0.05) is 11.1 Å². The molecule has 2 heterocycles. The lowest BCUT2D eigenvalue weighted by atomic mass is 9.92. The average Bonchev–Trinajstić information content (AvgIpc) is 3.04. The van der Waals surface area contributed by atoms with E-state index in [4.69, 9.17) is 0 Å². The van der Waals surface area contributed by atoms with Crippen molar-refractivity contribution in [2.45, 2.75) is 26.2 Å². The van der Waals surface area contributed by atoms with Crippen LogP contribution in [-0.4, -0.2) is 16.1 Å².